The van der Waals surface area contributed by atoms with Gasteiger partial charge in [-0.05, 0) is 25.8 Å². The fourth-order valence-electron chi connectivity index (χ4n) is 3.99. The maximum absolute atomic E-state index is 11.7. The molecule has 2 saturated heterocycles. The number of rotatable bonds is 3. The minimum Gasteiger partial charge on any atom is -0.481 e. The van der Waals surface area contributed by atoms with Crippen molar-refractivity contribution >= 4 is 5.97 Å². The largest absolute Gasteiger partial charge is 0.481 e. The Morgan fingerprint density at radius 1 is 1.38 bits per heavy atom. The predicted molar refractivity (Wildman–Crippen MR) is 79.9 cm³/mol. The molecule has 4 heteroatoms. The Labute approximate surface area is 125 Å². The van der Waals surface area contributed by atoms with Crippen molar-refractivity contribution in [2.45, 2.75) is 32.4 Å². The van der Waals surface area contributed by atoms with Gasteiger partial charge in [0.15, 0.2) is 0 Å². The van der Waals surface area contributed by atoms with Crippen LogP contribution in [0.5, 0.6) is 0 Å². The lowest BCUT2D eigenvalue weighted by Crippen LogP contribution is -2.36. The molecule has 2 unspecified atom stereocenters. The van der Waals surface area contributed by atoms with Gasteiger partial charge in [0.05, 0.1) is 18.1 Å². The molecule has 1 spiro atoms. The third-order valence-electron chi connectivity index (χ3n) is 4.79. The van der Waals surface area contributed by atoms with Gasteiger partial charge in [0.25, 0.3) is 0 Å². The summed E-state index contributed by atoms with van der Waals surface area (Å²) in [7, 11) is 0. The molecule has 2 fully saturated rings. The maximum Gasteiger partial charge on any atom is 0.308 e. The summed E-state index contributed by atoms with van der Waals surface area (Å²) in [6.07, 6.45) is 0.822. The van der Waals surface area contributed by atoms with Crippen LogP contribution >= 0.6 is 0 Å². The number of carboxylic acids is 1. The van der Waals surface area contributed by atoms with Gasteiger partial charge < -0.3 is 9.84 Å². The molecule has 114 valence electrons. The SMILES string of the molecule is CC1(C)CC2(CO1)CN(Cc1ccccc1)CC2C(=O)O. The standard InChI is InChI=1S/C17H23NO3/c1-16(2)10-17(12-21-16)11-18(9-14(17)15(19)20)8-13-6-4-3-5-7-13/h3-7,14H,8-12H2,1-2H3,(H,19,20). The van der Waals surface area contributed by atoms with E-state index in [9.17, 15) is 9.90 Å². The third kappa shape index (κ3) is 2.83. The molecule has 3 rings (SSSR count). The van der Waals surface area contributed by atoms with E-state index in [4.69, 9.17) is 4.74 Å². The summed E-state index contributed by atoms with van der Waals surface area (Å²) in [5, 5.41) is 9.61. The summed E-state index contributed by atoms with van der Waals surface area (Å²) in [5.74, 6) is -1.02. The smallest absolute Gasteiger partial charge is 0.308 e. The highest BCUT2D eigenvalue weighted by Crippen LogP contribution is 2.49. The number of ether oxygens (including phenoxy) is 1. The van der Waals surface area contributed by atoms with Gasteiger partial charge in [-0.1, -0.05) is 30.3 Å². The van der Waals surface area contributed by atoms with Crippen LogP contribution in [0.1, 0.15) is 25.8 Å². The van der Waals surface area contributed by atoms with E-state index < -0.39 is 5.97 Å². The van der Waals surface area contributed by atoms with E-state index in [0.29, 0.717) is 13.2 Å². The van der Waals surface area contributed by atoms with Gasteiger partial charge in [-0.15, -0.1) is 0 Å². The number of likely N-dealkylation sites (tertiary alicyclic amines) is 1. The summed E-state index contributed by atoms with van der Waals surface area (Å²) >= 11 is 0. The zero-order valence-electron chi connectivity index (χ0n) is 12.7. The first-order chi connectivity index (χ1) is 9.90. The molecule has 1 N–H and O–H groups in total. The van der Waals surface area contributed by atoms with Crippen molar-refractivity contribution in [2.24, 2.45) is 11.3 Å². The Bertz CT molecular complexity index is 528. The second kappa shape index (κ2) is 5.11. The van der Waals surface area contributed by atoms with Crippen LogP contribution in [0.3, 0.4) is 0 Å². The first-order valence-corrected chi connectivity index (χ1v) is 7.53. The summed E-state index contributed by atoms with van der Waals surface area (Å²) in [6.45, 7) is 6.90. The Hall–Kier alpha value is -1.39. The van der Waals surface area contributed by atoms with Crippen LogP contribution in [0.4, 0.5) is 0 Å². The molecule has 4 nitrogen and oxygen atoms in total. The van der Waals surface area contributed by atoms with E-state index in [1.165, 1.54) is 5.56 Å². The lowest BCUT2D eigenvalue weighted by atomic mass is 9.74. The normalized spacial score (nSPS) is 31.8. The molecule has 1 aromatic carbocycles. The lowest BCUT2D eigenvalue weighted by Gasteiger charge is -2.27. The van der Waals surface area contributed by atoms with Crippen LogP contribution in [0.2, 0.25) is 0 Å². The van der Waals surface area contributed by atoms with Crippen molar-refractivity contribution in [3.63, 3.8) is 0 Å². The quantitative estimate of drug-likeness (QED) is 0.928. The number of carboxylic acid groups (broad SMARTS) is 1. The molecule has 21 heavy (non-hydrogen) atoms. The second-order valence-electron chi connectivity index (χ2n) is 7.13. The molecule has 0 amide bonds. The molecular formula is C17H23NO3. The Kier molecular flexibility index (Phi) is 3.54. The molecule has 0 bridgehead atoms. The van der Waals surface area contributed by atoms with E-state index in [1.54, 1.807) is 0 Å². The molecule has 0 radical (unpaired) electrons. The molecule has 2 aliphatic heterocycles. The van der Waals surface area contributed by atoms with E-state index in [1.807, 2.05) is 18.2 Å². The van der Waals surface area contributed by atoms with Gasteiger partial charge in [0.1, 0.15) is 0 Å². The minimum atomic E-state index is -0.688. The number of aliphatic carboxylic acids is 1. The third-order valence-corrected chi connectivity index (χ3v) is 4.79. The van der Waals surface area contributed by atoms with Crippen LogP contribution in [0.25, 0.3) is 0 Å². The molecule has 0 saturated carbocycles. The van der Waals surface area contributed by atoms with Gasteiger partial charge in [0.2, 0.25) is 0 Å². The Morgan fingerprint density at radius 3 is 2.67 bits per heavy atom. The number of nitrogens with zero attached hydrogens (tertiary/aromatic N) is 1. The molecule has 0 aliphatic carbocycles. The van der Waals surface area contributed by atoms with E-state index in [2.05, 4.69) is 30.9 Å². The van der Waals surface area contributed by atoms with Crippen molar-refractivity contribution in [3.8, 4) is 0 Å². The molecule has 2 heterocycles. The highest BCUT2D eigenvalue weighted by molar-refractivity contribution is 5.72. The molecular weight excluding hydrogens is 266 g/mol. The maximum atomic E-state index is 11.7. The highest BCUT2D eigenvalue weighted by Gasteiger charge is 2.56. The Morgan fingerprint density at radius 2 is 2.10 bits per heavy atom. The fraction of sp³-hybridized carbons (Fsp3) is 0.588. The molecule has 0 aromatic heterocycles. The number of hydrogen-bond donors (Lipinski definition) is 1. The Balaban J connectivity index is 1.77. The molecule has 1 aromatic rings. The van der Waals surface area contributed by atoms with Crippen molar-refractivity contribution in [2.75, 3.05) is 19.7 Å². The first-order valence-electron chi connectivity index (χ1n) is 7.53. The van der Waals surface area contributed by atoms with Gasteiger partial charge >= 0.3 is 5.97 Å². The number of benzene rings is 1. The highest BCUT2D eigenvalue weighted by atomic mass is 16.5. The fourth-order valence-corrected chi connectivity index (χ4v) is 3.99. The van der Waals surface area contributed by atoms with Gasteiger partial charge in [-0.3, -0.25) is 9.69 Å². The van der Waals surface area contributed by atoms with Crippen LogP contribution in [-0.4, -0.2) is 41.3 Å². The van der Waals surface area contributed by atoms with Crippen LogP contribution in [0.15, 0.2) is 30.3 Å². The predicted octanol–water partition coefficient (Wildman–Crippen LogP) is 2.39. The van der Waals surface area contributed by atoms with Crippen LogP contribution in [-0.2, 0) is 16.1 Å². The zero-order valence-corrected chi connectivity index (χ0v) is 12.7. The van der Waals surface area contributed by atoms with E-state index in [0.717, 1.165) is 19.5 Å². The van der Waals surface area contributed by atoms with Crippen LogP contribution in [0, 0.1) is 11.3 Å². The molecule has 2 aliphatic rings. The molecule has 2 atom stereocenters. The first kappa shape index (κ1) is 14.5. The summed E-state index contributed by atoms with van der Waals surface area (Å²) < 4.78 is 5.87. The van der Waals surface area contributed by atoms with Crippen molar-refractivity contribution in [1.82, 2.24) is 4.90 Å². The van der Waals surface area contributed by atoms with Crippen LogP contribution < -0.4 is 0 Å². The summed E-state index contributed by atoms with van der Waals surface area (Å²) in [6, 6.07) is 10.2. The van der Waals surface area contributed by atoms with E-state index in [-0.39, 0.29) is 16.9 Å². The van der Waals surface area contributed by atoms with Gasteiger partial charge in [0, 0.05) is 25.0 Å². The monoisotopic (exact) mass is 289 g/mol. The lowest BCUT2D eigenvalue weighted by molar-refractivity contribution is -0.144. The van der Waals surface area contributed by atoms with E-state index >= 15 is 0 Å². The number of hydrogen-bond acceptors (Lipinski definition) is 3. The second-order valence-corrected chi connectivity index (χ2v) is 7.13. The topological polar surface area (TPSA) is 49.8 Å². The van der Waals surface area contributed by atoms with Crippen molar-refractivity contribution < 1.29 is 14.6 Å². The zero-order chi connectivity index (χ0) is 15.1. The summed E-state index contributed by atoms with van der Waals surface area (Å²) in [4.78, 5) is 14.0. The minimum absolute atomic E-state index is 0.212. The van der Waals surface area contributed by atoms with Gasteiger partial charge in [-0.25, -0.2) is 0 Å². The van der Waals surface area contributed by atoms with Gasteiger partial charge in [-0.2, -0.15) is 0 Å². The average Bonchev–Trinajstić information content (AvgIpc) is 2.91. The summed E-state index contributed by atoms with van der Waals surface area (Å²) in [5.41, 5.74) is 0.789. The number of carbonyl (C=O) groups is 1. The average molecular weight is 289 g/mol. The van der Waals surface area contributed by atoms with Crippen molar-refractivity contribution in [3.05, 3.63) is 35.9 Å². The van der Waals surface area contributed by atoms with Crippen molar-refractivity contribution in [1.29, 1.82) is 0 Å².